The molecule has 0 spiro atoms. The number of carbonyl (C=O) groups is 1. The molecular weight excluding hydrogens is 264 g/mol. The number of nitrogens with zero attached hydrogens (tertiary/aromatic N) is 2. The first kappa shape index (κ1) is 16.1. The fraction of sp³-hybridized carbons (Fsp3) is 0.706. The second-order valence-electron chi connectivity index (χ2n) is 6.62. The molecule has 1 fully saturated rings. The Kier molecular flexibility index (Phi) is 5.45. The molecule has 0 aliphatic heterocycles. The largest absolute Gasteiger partial charge is 0.394 e. The Balaban J connectivity index is 2.13. The Morgan fingerprint density at radius 1 is 1.43 bits per heavy atom. The van der Waals surface area contributed by atoms with E-state index in [1.165, 1.54) is 12.8 Å². The number of hydrogen-bond donors (Lipinski definition) is 1. The molecule has 1 aliphatic rings. The number of aliphatic hydroxyl groups is 1. The second kappa shape index (κ2) is 7.12. The molecule has 1 amide bonds. The zero-order chi connectivity index (χ0) is 15.4. The fourth-order valence-electron chi connectivity index (χ4n) is 3.32. The molecule has 2 rings (SSSR count). The molecule has 0 saturated heterocycles. The number of rotatable bonds is 6. The average Bonchev–Trinajstić information content (AvgIpc) is 3.12. The van der Waals surface area contributed by atoms with Crippen molar-refractivity contribution in [2.24, 2.45) is 5.92 Å². The molecular formula is C17H28N2O2. The van der Waals surface area contributed by atoms with Gasteiger partial charge in [-0.2, -0.15) is 0 Å². The molecule has 118 valence electrons. The van der Waals surface area contributed by atoms with Crippen LogP contribution >= 0.6 is 0 Å². The van der Waals surface area contributed by atoms with Gasteiger partial charge >= 0.3 is 0 Å². The standard InChI is InChI=1S/C17H28N2O2/c1-13(2)11-15(12-20)18(3)17(21)16-9-6-10-19(16)14-7-4-5-8-14/h6,9-10,13-15,20H,4-5,7-8,11-12H2,1-3H3. The molecule has 21 heavy (non-hydrogen) atoms. The van der Waals surface area contributed by atoms with Crippen LogP contribution in [-0.4, -0.2) is 40.2 Å². The van der Waals surface area contributed by atoms with Gasteiger partial charge in [0.15, 0.2) is 0 Å². The summed E-state index contributed by atoms with van der Waals surface area (Å²) in [6, 6.07) is 4.21. The van der Waals surface area contributed by atoms with Crippen LogP contribution in [0.2, 0.25) is 0 Å². The highest BCUT2D eigenvalue weighted by molar-refractivity contribution is 5.92. The lowest BCUT2D eigenvalue weighted by molar-refractivity contribution is 0.0617. The third-order valence-corrected chi connectivity index (χ3v) is 4.54. The number of hydrogen-bond acceptors (Lipinski definition) is 2. The Labute approximate surface area is 127 Å². The van der Waals surface area contributed by atoms with E-state index in [4.69, 9.17) is 0 Å². The van der Waals surface area contributed by atoms with E-state index >= 15 is 0 Å². The van der Waals surface area contributed by atoms with Crippen LogP contribution in [0.1, 0.15) is 62.5 Å². The number of aliphatic hydroxyl groups excluding tert-OH is 1. The highest BCUT2D eigenvalue weighted by Crippen LogP contribution is 2.31. The van der Waals surface area contributed by atoms with Crippen molar-refractivity contribution >= 4 is 5.91 Å². The molecule has 0 aromatic carbocycles. The molecule has 1 atom stereocenters. The normalized spacial score (nSPS) is 17.4. The van der Waals surface area contributed by atoms with Gasteiger partial charge in [0.1, 0.15) is 5.69 Å². The van der Waals surface area contributed by atoms with Gasteiger partial charge in [-0.05, 0) is 37.3 Å². The summed E-state index contributed by atoms with van der Waals surface area (Å²) in [7, 11) is 1.80. The zero-order valence-corrected chi connectivity index (χ0v) is 13.5. The first-order chi connectivity index (χ1) is 10.0. The van der Waals surface area contributed by atoms with Crippen LogP contribution in [0.4, 0.5) is 0 Å². The zero-order valence-electron chi connectivity index (χ0n) is 13.5. The molecule has 1 unspecified atom stereocenters. The molecule has 4 nitrogen and oxygen atoms in total. The minimum atomic E-state index is -0.107. The van der Waals surface area contributed by atoms with Gasteiger partial charge in [-0.1, -0.05) is 26.7 Å². The van der Waals surface area contributed by atoms with Crippen molar-refractivity contribution in [2.75, 3.05) is 13.7 Å². The summed E-state index contributed by atoms with van der Waals surface area (Å²) in [5, 5.41) is 9.57. The third-order valence-electron chi connectivity index (χ3n) is 4.54. The minimum Gasteiger partial charge on any atom is -0.394 e. The maximum absolute atomic E-state index is 12.8. The molecule has 1 N–H and O–H groups in total. The van der Waals surface area contributed by atoms with Gasteiger partial charge in [-0.15, -0.1) is 0 Å². The van der Waals surface area contributed by atoms with Crippen LogP contribution in [0, 0.1) is 5.92 Å². The van der Waals surface area contributed by atoms with E-state index in [0.717, 1.165) is 25.0 Å². The maximum Gasteiger partial charge on any atom is 0.270 e. The summed E-state index contributed by atoms with van der Waals surface area (Å²) >= 11 is 0. The lowest BCUT2D eigenvalue weighted by Crippen LogP contribution is -2.41. The quantitative estimate of drug-likeness (QED) is 0.875. The van der Waals surface area contributed by atoms with Gasteiger partial charge < -0.3 is 14.6 Å². The molecule has 1 aliphatic carbocycles. The van der Waals surface area contributed by atoms with E-state index < -0.39 is 0 Å². The molecule has 1 aromatic rings. The Hall–Kier alpha value is -1.29. The van der Waals surface area contributed by atoms with Crippen LogP contribution < -0.4 is 0 Å². The van der Waals surface area contributed by atoms with E-state index in [2.05, 4.69) is 18.4 Å². The minimum absolute atomic E-state index is 0.0184. The summed E-state index contributed by atoms with van der Waals surface area (Å²) in [6.07, 6.45) is 7.66. The van der Waals surface area contributed by atoms with Crippen molar-refractivity contribution in [3.63, 3.8) is 0 Å². The number of carbonyl (C=O) groups excluding carboxylic acids is 1. The summed E-state index contributed by atoms with van der Waals surface area (Å²) in [4.78, 5) is 14.5. The average molecular weight is 292 g/mol. The van der Waals surface area contributed by atoms with E-state index in [1.807, 2.05) is 18.3 Å². The van der Waals surface area contributed by atoms with Crippen LogP contribution in [0.3, 0.4) is 0 Å². The predicted molar refractivity (Wildman–Crippen MR) is 84.4 cm³/mol. The highest BCUT2D eigenvalue weighted by atomic mass is 16.3. The number of amides is 1. The van der Waals surface area contributed by atoms with Gasteiger partial charge in [0.2, 0.25) is 0 Å². The Morgan fingerprint density at radius 3 is 2.67 bits per heavy atom. The summed E-state index contributed by atoms with van der Waals surface area (Å²) < 4.78 is 2.13. The summed E-state index contributed by atoms with van der Waals surface area (Å²) in [5.41, 5.74) is 0.756. The molecule has 1 saturated carbocycles. The van der Waals surface area contributed by atoms with Gasteiger partial charge in [-0.3, -0.25) is 4.79 Å². The van der Waals surface area contributed by atoms with Crippen LogP contribution in [0.15, 0.2) is 18.3 Å². The smallest absolute Gasteiger partial charge is 0.270 e. The fourth-order valence-corrected chi connectivity index (χ4v) is 3.32. The van der Waals surface area contributed by atoms with Gasteiger partial charge in [0.05, 0.1) is 12.6 Å². The van der Waals surface area contributed by atoms with E-state index in [0.29, 0.717) is 12.0 Å². The number of likely N-dealkylation sites (N-methyl/N-ethyl adjacent to an activating group) is 1. The molecule has 0 bridgehead atoms. The van der Waals surface area contributed by atoms with Crippen molar-refractivity contribution in [3.05, 3.63) is 24.0 Å². The van der Waals surface area contributed by atoms with Gasteiger partial charge in [0, 0.05) is 19.3 Å². The van der Waals surface area contributed by atoms with E-state index in [1.54, 1.807) is 11.9 Å². The van der Waals surface area contributed by atoms with Gasteiger partial charge in [-0.25, -0.2) is 0 Å². The van der Waals surface area contributed by atoms with Crippen molar-refractivity contribution in [3.8, 4) is 0 Å². The van der Waals surface area contributed by atoms with Crippen molar-refractivity contribution in [2.45, 2.75) is 58.0 Å². The van der Waals surface area contributed by atoms with Crippen molar-refractivity contribution < 1.29 is 9.90 Å². The maximum atomic E-state index is 12.8. The molecule has 0 radical (unpaired) electrons. The van der Waals surface area contributed by atoms with Crippen molar-refractivity contribution in [1.29, 1.82) is 0 Å². The van der Waals surface area contributed by atoms with Crippen LogP contribution in [0.5, 0.6) is 0 Å². The third kappa shape index (κ3) is 3.67. The van der Waals surface area contributed by atoms with Crippen LogP contribution in [-0.2, 0) is 0 Å². The predicted octanol–water partition coefficient (Wildman–Crippen LogP) is 3.08. The van der Waals surface area contributed by atoms with Crippen LogP contribution in [0.25, 0.3) is 0 Å². The first-order valence-corrected chi connectivity index (χ1v) is 8.09. The van der Waals surface area contributed by atoms with Gasteiger partial charge in [0.25, 0.3) is 5.91 Å². The highest BCUT2D eigenvalue weighted by Gasteiger charge is 2.26. The molecule has 4 heteroatoms. The lowest BCUT2D eigenvalue weighted by Gasteiger charge is -2.29. The summed E-state index contributed by atoms with van der Waals surface area (Å²) in [6.45, 7) is 4.24. The topological polar surface area (TPSA) is 45.5 Å². The molecule has 1 aromatic heterocycles. The lowest BCUT2D eigenvalue weighted by atomic mass is 10.0. The van der Waals surface area contributed by atoms with Crippen molar-refractivity contribution in [1.82, 2.24) is 9.47 Å². The monoisotopic (exact) mass is 292 g/mol. The summed E-state index contributed by atoms with van der Waals surface area (Å²) in [5.74, 6) is 0.477. The SMILES string of the molecule is CC(C)CC(CO)N(C)C(=O)c1cccn1C1CCCC1. The van der Waals surface area contributed by atoms with E-state index in [9.17, 15) is 9.90 Å². The molecule has 1 heterocycles. The Bertz CT molecular complexity index is 461. The van der Waals surface area contributed by atoms with E-state index in [-0.39, 0.29) is 18.6 Å². The Morgan fingerprint density at radius 2 is 2.10 bits per heavy atom. The second-order valence-corrected chi connectivity index (χ2v) is 6.62. The number of aromatic nitrogens is 1. The first-order valence-electron chi connectivity index (χ1n) is 8.09.